The lowest BCUT2D eigenvalue weighted by Gasteiger charge is -2.08. The minimum atomic E-state index is -0.00635. The Labute approximate surface area is 144 Å². The fourth-order valence-electron chi connectivity index (χ4n) is 2.41. The van der Waals surface area contributed by atoms with E-state index in [1.165, 1.54) is 0 Å². The van der Waals surface area contributed by atoms with Gasteiger partial charge in [0.15, 0.2) is 4.96 Å². The third kappa shape index (κ3) is 3.86. The van der Waals surface area contributed by atoms with E-state index < -0.39 is 0 Å². The topological polar surface area (TPSA) is 64.9 Å². The Kier molecular flexibility index (Phi) is 5.00. The fraction of sp³-hybridized carbons (Fsp3) is 0.294. The SMILES string of the molecule is COc1cc(CCC(=O)NCc2cn3ccsc3n2)cc(OC)c1. The first kappa shape index (κ1) is 16.3. The monoisotopic (exact) mass is 345 g/mol. The summed E-state index contributed by atoms with van der Waals surface area (Å²) in [6.07, 6.45) is 4.91. The third-order valence-corrected chi connectivity index (χ3v) is 4.43. The fourth-order valence-corrected chi connectivity index (χ4v) is 3.13. The van der Waals surface area contributed by atoms with Crippen LogP contribution >= 0.6 is 11.3 Å². The van der Waals surface area contributed by atoms with E-state index in [2.05, 4.69) is 10.3 Å². The smallest absolute Gasteiger partial charge is 0.220 e. The second-order valence-corrected chi connectivity index (χ2v) is 6.20. The van der Waals surface area contributed by atoms with Gasteiger partial charge < -0.3 is 14.8 Å². The predicted molar refractivity (Wildman–Crippen MR) is 92.8 cm³/mol. The Hall–Kier alpha value is -2.54. The lowest BCUT2D eigenvalue weighted by atomic mass is 10.1. The summed E-state index contributed by atoms with van der Waals surface area (Å²) in [5.41, 5.74) is 1.86. The highest BCUT2D eigenvalue weighted by atomic mass is 32.1. The van der Waals surface area contributed by atoms with E-state index in [0.717, 1.165) is 27.7 Å². The number of nitrogens with one attached hydrogen (secondary N) is 1. The number of imidazole rings is 1. The van der Waals surface area contributed by atoms with E-state index in [4.69, 9.17) is 9.47 Å². The van der Waals surface area contributed by atoms with E-state index in [1.807, 2.05) is 40.4 Å². The molecule has 0 saturated carbocycles. The van der Waals surface area contributed by atoms with Gasteiger partial charge >= 0.3 is 0 Å². The number of hydrogen-bond donors (Lipinski definition) is 1. The summed E-state index contributed by atoms with van der Waals surface area (Å²) >= 11 is 1.57. The summed E-state index contributed by atoms with van der Waals surface area (Å²) in [7, 11) is 3.22. The zero-order valence-corrected chi connectivity index (χ0v) is 14.4. The number of benzene rings is 1. The first-order valence-corrected chi connectivity index (χ1v) is 8.45. The van der Waals surface area contributed by atoms with Gasteiger partial charge in [-0.3, -0.25) is 9.20 Å². The van der Waals surface area contributed by atoms with Gasteiger partial charge in [0.25, 0.3) is 0 Å². The maximum atomic E-state index is 12.0. The molecular formula is C17H19N3O3S. The minimum Gasteiger partial charge on any atom is -0.497 e. The summed E-state index contributed by atoms with van der Waals surface area (Å²) < 4.78 is 12.4. The van der Waals surface area contributed by atoms with Crippen LogP contribution in [-0.2, 0) is 17.8 Å². The second kappa shape index (κ2) is 7.35. The van der Waals surface area contributed by atoms with E-state index in [1.54, 1.807) is 25.6 Å². The molecule has 0 radical (unpaired) electrons. The van der Waals surface area contributed by atoms with Crippen LogP contribution < -0.4 is 14.8 Å². The van der Waals surface area contributed by atoms with Gasteiger partial charge in [-0.25, -0.2) is 4.98 Å². The molecule has 0 fully saturated rings. The van der Waals surface area contributed by atoms with Crippen molar-refractivity contribution in [3.63, 3.8) is 0 Å². The zero-order chi connectivity index (χ0) is 16.9. The van der Waals surface area contributed by atoms with Crippen LogP contribution in [0, 0.1) is 0 Å². The van der Waals surface area contributed by atoms with Crippen molar-refractivity contribution in [3.05, 3.63) is 47.2 Å². The standard InChI is InChI=1S/C17H19N3O3S/c1-22-14-7-12(8-15(9-14)23-2)3-4-16(21)18-10-13-11-20-5-6-24-17(20)19-13/h5-9,11H,3-4,10H2,1-2H3,(H,18,21). The van der Waals surface area contributed by atoms with Crippen LogP contribution in [0.25, 0.3) is 4.96 Å². The van der Waals surface area contributed by atoms with Crippen LogP contribution in [0.4, 0.5) is 0 Å². The molecule has 1 amide bonds. The van der Waals surface area contributed by atoms with Crippen LogP contribution in [0.2, 0.25) is 0 Å². The van der Waals surface area contributed by atoms with Gasteiger partial charge in [0, 0.05) is 30.3 Å². The number of carbonyl (C=O) groups excluding carboxylic acids is 1. The van der Waals surface area contributed by atoms with Gasteiger partial charge in [-0.15, -0.1) is 11.3 Å². The number of ether oxygens (including phenoxy) is 2. The van der Waals surface area contributed by atoms with Gasteiger partial charge in [0.1, 0.15) is 11.5 Å². The minimum absolute atomic E-state index is 0.00635. The molecular weight excluding hydrogens is 326 g/mol. The molecule has 0 atom stereocenters. The Morgan fingerprint density at radius 3 is 2.67 bits per heavy atom. The second-order valence-electron chi connectivity index (χ2n) is 5.32. The van der Waals surface area contributed by atoms with E-state index in [-0.39, 0.29) is 5.91 Å². The molecule has 3 aromatic rings. The first-order chi connectivity index (χ1) is 11.7. The highest BCUT2D eigenvalue weighted by molar-refractivity contribution is 7.15. The Balaban J connectivity index is 1.52. The molecule has 0 spiro atoms. The summed E-state index contributed by atoms with van der Waals surface area (Å²) in [5, 5.41) is 4.88. The van der Waals surface area contributed by atoms with E-state index in [0.29, 0.717) is 19.4 Å². The molecule has 0 aliphatic carbocycles. The molecule has 0 aliphatic heterocycles. The van der Waals surface area contributed by atoms with Crippen molar-refractivity contribution in [2.45, 2.75) is 19.4 Å². The molecule has 2 heterocycles. The van der Waals surface area contributed by atoms with Crippen molar-refractivity contribution in [1.29, 1.82) is 0 Å². The molecule has 6 nitrogen and oxygen atoms in total. The number of hydrogen-bond acceptors (Lipinski definition) is 5. The van der Waals surface area contributed by atoms with Crippen LogP contribution in [0.1, 0.15) is 17.7 Å². The van der Waals surface area contributed by atoms with Crippen molar-refractivity contribution in [2.75, 3.05) is 14.2 Å². The molecule has 7 heteroatoms. The van der Waals surface area contributed by atoms with Gasteiger partial charge in [-0.1, -0.05) is 0 Å². The Morgan fingerprint density at radius 1 is 1.25 bits per heavy atom. The molecule has 3 rings (SSSR count). The molecule has 24 heavy (non-hydrogen) atoms. The largest absolute Gasteiger partial charge is 0.497 e. The molecule has 1 N–H and O–H groups in total. The van der Waals surface area contributed by atoms with Gasteiger partial charge in [-0.05, 0) is 24.1 Å². The molecule has 1 aromatic carbocycles. The van der Waals surface area contributed by atoms with Crippen molar-refractivity contribution < 1.29 is 14.3 Å². The highest BCUT2D eigenvalue weighted by Gasteiger charge is 2.07. The maximum Gasteiger partial charge on any atom is 0.220 e. The predicted octanol–water partition coefficient (Wildman–Crippen LogP) is 2.66. The molecule has 0 bridgehead atoms. The Bertz CT molecular complexity index is 790. The van der Waals surface area contributed by atoms with Crippen LogP contribution in [0.5, 0.6) is 11.5 Å². The number of methoxy groups -OCH3 is 2. The average molecular weight is 345 g/mol. The lowest BCUT2D eigenvalue weighted by Crippen LogP contribution is -2.23. The summed E-state index contributed by atoms with van der Waals surface area (Å²) in [5.74, 6) is 1.44. The normalized spacial score (nSPS) is 10.8. The molecule has 0 saturated heterocycles. The van der Waals surface area contributed by atoms with Gasteiger partial charge in [0.2, 0.25) is 5.91 Å². The van der Waals surface area contributed by atoms with E-state index >= 15 is 0 Å². The molecule has 0 aliphatic rings. The van der Waals surface area contributed by atoms with Crippen LogP contribution in [0.15, 0.2) is 36.0 Å². The van der Waals surface area contributed by atoms with Crippen LogP contribution in [-0.4, -0.2) is 29.5 Å². The van der Waals surface area contributed by atoms with Crippen molar-refractivity contribution in [3.8, 4) is 11.5 Å². The number of amides is 1. The number of rotatable bonds is 7. The van der Waals surface area contributed by atoms with E-state index in [9.17, 15) is 4.79 Å². The molecule has 0 unspecified atom stereocenters. The zero-order valence-electron chi connectivity index (χ0n) is 13.6. The highest BCUT2D eigenvalue weighted by Crippen LogP contribution is 2.23. The third-order valence-electron chi connectivity index (χ3n) is 3.66. The lowest BCUT2D eigenvalue weighted by molar-refractivity contribution is -0.121. The number of carbonyl (C=O) groups is 1. The molecule has 2 aromatic heterocycles. The summed E-state index contributed by atoms with van der Waals surface area (Å²) in [4.78, 5) is 17.4. The van der Waals surface area contributed by atoms with Gasteiger partial charge in [0.05, 0.1) is 26.5 Å². The van der Waals surface area contributed by atoms with Crippen LogP contribution in [0.3, 0.4) is 0 Å². The Morgan fingerprint density at radius 2 is 2.00 bits per heavy atom. The van der Waals surface area contributed by atoms with Crippen molar-refractivity contribution in [2.24, 2.45) is 0 Å². The summed E-state index contributed by atoms with van der Waals surface area (Å²) in [6.45, 7) is 0.439. The number of nitrogens with zero attached hydrogens (tertiary/aromatic N) is 2. The van der Waals surface area contributed by atoms with Gasteiger partial charge in [-0.2, -0.15) is 0 Å². The number of fused-ring (bicyclic) bond motifs is 1. The maximum absolute atomic E-state index is 12.0. The number of thiazole rings is 1. The first-order valence-electron chi connectivity index (χ1n) is 7.57. The number of aromatic nitrogens is 2. The number of aryl methyl sites for hydroxylation is 1. The summed E-state index contributed by atoms with van der Waals surface area (Å²) in [6, 6.07) is 5.65. The van der Waals surface area contributed by atoms with Crippen molar-refractivity contribution in [1.82, 2.24) is 14.7 Å². The van der Waals surface area contributed by atoms with Crippen molar-refractivity contribution >= 4 is 22.2 Å². The molecule has 126 valence electrons. The quantitative estimate of drug-likeness (QED) is 0.715. The average Bonchev–Trinajstić information content (AvgIpc) is 3.19.